The van der Waals surface area contributed by atoms with Crippen molar-refractivity contribution in [1.82, 2.24) is 19.7 Å². The van der Waals surface area contributed by atoms with E-state index in [9.17, 15) is 18.0 Å². The van der Waals surface area contributed by atoms with Crippen LogP contribution in [0.2, 0.25) is 5.02 Å². The number of halogens is 4. The molecule has 0 aliphatic carbocycles. The van der Waals surface area contributed by atoms with Crippen molar-refractivity contribution in [3.05, 3.63) is 39.5 Å². The molecule has 0 unspecified atom stereocenters. The average Bonchev–Trinajstić information content (AvgIpc) is 2.58. The maximum atomic E-state index is 12.5. The van der Waals surface area contributed by atoms with Crippen LogP contribution < -0.4 is 15.4 Å². The second kappa shape index (κ2) is 7.10. The Balaban J connectivity index is 1.73. The van der Waals surface area contributed by atoms with Gasteiger partial charge in [-0.25, -0.2) is 14.6 Å². The van der Waals surface area contributed by atoms with Crippen molar-refractivity contribution in [2.45, 2.75) is 19.6 Å². The van der Waals surface area contributed by atoms with Gasteiger partial charge in [-0.1, -0.05) is 11.6 Å². The minimum absolute atomic E-state index is 0.260. The van der Waals surface area contributed by atoms with Crippen molar-refractivity contribution in [2.24, 2.45) is 0 Å². The zero-order valence-corrected chi connectivity index (χ0v) is 14.6. The van der Waals surface area contributed by atoms with Gasteiger partial charge in [0.2, 0.25) is 5.95 Å². The Bertz CT molecular complexity index is 848. The van der Waals surface area contributed by atoms with Gasteiger partial charge in [-0.05, 0) is 13.0 Å². The molecule has 0 radical (unpaired) electrons. The summed E-state index contributed by atoms with van der Waals surface area (Å²) < 4.78 is 37.7. The zero-order valence-electron chi connectivity index (χ0n) is 13.9. The quantitative estimate of drug-likeness (QED) is 0.800. The van der Waals surface area contributed by atoms with Crippen LogP contribution >= 0.6 is 11.6 Å². The summed E-state index contributed by atoms with van der Waals surface area (Å²) in [5.41, 5.74) is 0.240. The molecule has 1 aliphatic rings. The maximum Gasteiger partial charge on any atom is 0.408 e. The lowest BCUT2D eigenvalue weighted by Crippen LogP contribution is -2.47. The summed E-state index contributed by atoms with van der Waals surface area (Å²) in [7, 11) is 0. The van der Waals surface area contributed by atoms with E-state index in [1.807, 2.05) is 16.7 Å². The second-order valence-corrected chi connectivity index (χ2v) is 6.27. The predicted molar refractivity (Wildman–Crippen MR) is 90.8 cm³/mol. The number of rotatable bonds is 3. The minimum atomic E-state index is -4.54. The van der Waals surface area contributed by atoms with Gasteiger partial charge in [-0.3, -0.25) is 4.79 Å². The van der Waals surface area contributed by atoms with Gasteiger partial charge in [0.15, 0.2) is 0 Å². The van der Waals surface area contributed by atoms with E-state index in [0.717, 1.165) is 5.69 Å². The molecule has 3 rings (SSSR count). The first-order chi connectivity index (χ1) is 12.2. The van der Waals surface area contributed by atoms with Crippen molar-refractivity contribution in [1.29, 1.82) is 0 Å². The Hall–Kier alpha value is -2.36. The Morgan fingerprint density at radius 3 is 2.46 bits per heavy atom. The van der Waals surface area contributed by atoms with Crippen molar-refractivity contribution in [3.63, 3.8) is 0 Å². The van der Waals surface area contributed by atoms with Crippen molar-refractivity contribution < 1.29 is 13.2 Å². The molecule has 1 saturated heterocycles. The van der Waals surface area contributed by atoms with Gasteiger partial charge in [-0.2, -0.15) is 18.3 Å². The van der Waals surface area contributed by atoms with E-state index in [4.69, 9.17) is 11.6 Å². The highest BCUT2D eigenvalue weighted by Gasteiger charge is 2.30. The number of anilines is 2. The van der Waals surface area contributed by atoms with Gasteiger partial charge in [0.1, 0.15) is 11.6 Å². The van der Waals surface area contributed by atoms with Crippen molar-refractivity contribution >= 4 is 23.2 Å². The maximum absolute atomic E-state index is 12.5. The summed E-state index contributed by atoms with van der Waals surface area (Å²) in [5, 5.41) is 3.35. The van der Waals surface area contributed by atoms with Crippen molar-refractivity contribution in [2.75, 3.05) is 36.0 Å². The molecule has 2 aromatic heterocycles. The van der Waals surface area contributed by atoms with E-state index < -0.39 is 18.3 Å². The molecule has 7 nitrogen and oxygen atoms in total. The van der Waals surface area contributed by atoms with Crippen LogP contribution in [-0.4, -0.2) is 52.1 Å². The van der Waals surface area contributed by atoms with Gasteiger partial charge < -0.3 is 9.80 Å². The van der Waals surface area contributed by atoms with E-state index >= 15 is 0 Å². The van der Waals surface area contributed by atoms with Gasteiger partial charge in [0, 0.05) is 38.1 Å². The van der Waals surface area contributed by atoms with E-state index in [-0.39, 0.29) is 5.02 Å². The minimum Gasteiger partial charge on any atom is -0.365 e. The van der Waals surface area contributed by atoms with Crippen LogP contribution in [0.4, 0.5) is 24.8 Å². The molecule has 0 saturated carbocycles. The molecule has 1 aliphatic heterocycles. The van der Waals surface area contributed by atoms with Crippen LogP contribution in [-0.2, 0) is 6.54 Å². The van der Waals surface area contributed by atoms with Crippen LogP contribution in [0.25, 0.3) is 0 Å². The summed E-state index contributed by atoms with van der Waals surface area (Å²) in [4.78, 5) is 24.5. The third-order valence-electron chi connectivity index (χ3n) is 3.98. The monoisotopic (exact) mass is 388 g/mol. The Morgan fingerprint density at radius 1 is 1.19 bits per heavy atom. The molecule has 3 heterocycles. The van der Waals surface area contributed by atoms with Crippen LogP contribution in [0.1, 0.15) is 5.69 Å². The highest BCUT2D eigenvalue weighted by atomic mass is 35.5. The number of piperazine rings is 1. The highest BCUT2D eigenvalue weighted by Crippen LogP contribution is 2.24. The number of aryl methyl sites for hydroxylation is 1. The molecule has 0 spiro atoms. The predicted octanol–water partition coefficient (Wildman–Crippen LogP) is 1.88. The molecule has 2 aromatic rings. The third kappa shape index (κ3) is 4.06. The standard InChI is InChI=1S/C15H16ClF3N6O/c1-10-2-3-20-14(22-10)24-6-4-23(5-7-24)11-8-21-25(9-15(17,18)19)13(26)12(11)16/h2-3,8H,4-7,9H2,1H3. The summed E-state index contributed by atoms with van der Waals surface area (Å²) in [6.45, 7) is 2.62. The number of aromatic nitrogens is 4. The molecule has 0 bridgehead atoms. The van der Waals surface area contributed by atoms with Crippen LogP contribution in [0.5, 0.6) is 0 Å². The molecule has 0 amide bonds. The molecule has 11 heteroatoms. The summed E-state index contributed by atoms with van der Waals surface area (Å²) in [6, 6.07) is 1.81. The fourth-order valence-electron chi connectivity index (χ4n) is 2.69. The average molecular weight is 389 g/mol. The van der Waals surface area contributed by atoms with E-state index in [2.05, 4.69) is 15.1 Å². The van der Waals surface area contributed by atoms with Gasteiger partial charge in [0.05, 0.1) is 11.9 Å². The number of alkyl halides is 3. The van der Waals surface area contributed by atoms with E-state index in [1.165, 1.54) is 6.20 Å². The van der Waals surface area contributed by atoms with Crippen LogP contribution in [0.3, 0.4) is 0 Å². The van der Waals surface area contributed by atoms with Gasteiger partial charge in [-0.15, -0.1) is 0 Å². The number of nitrogens with zero attached hydrogens (tertiary/aromatic N) is 6. The zero-order chi connectivity index (χ0) is 18.9. The fraction of sp³-hybridized carbons (Fsp3) is 0.467. The first-order valence-electron chi connectivity index (χ1n) is 7.86. The lowest BCUT2D eigenvalue weighted by Gasteiger charge is -2.36. The largest absolute Gasteiger partial charge is 0.408 e. The van der Waals surface area contributed by atoms with Crippen LogP contribution in [0, 0.1) is 6.92 Å². The summed E-state index contributed by atoms with van der Waals surface area (Å²) in [5.74, 6) is 0.620. The molecule has 0 atom stereocenters. The Kier molecular flexibility index (Phi) is 5.03. The van der Waals surface area contributed by atoms with Crippen molar-refractivity contribution in [3.8, 4) is 0 Å². The first-order valence-corrected chi connectivity index (χ1v) is 8.24. The van der Waals surface area contributed by atoms with E-state index in [1.54, 1.807) is 12.3 Å². The van der Waals surface area contributed by atoms with Gasteiger partial charge >= 0.3 is 6.18 Å². The molecule has 0 aromatic carbocycles. The molecular weight excluding hydrogens is 373 g/mol. The van der Waals surface area contributed by atoms with Gasteiger partial charge in [0.25, 0.3) is 5.56 Å². The van der Waals surface area contributed by atoms with E-state index in [0.29, 0.717) is 42.5 Å². The normalized spacial score (nSPS) is 15.4. The Morgan fingerprint density at radius 2 is 1.85 bits per heavy atom. The topological polar surface area (TPSA) is 67.2 Å². The molecular formula is C15H16ClF3N6O. The smallest absolute Gasteiger partial charge is 0.365 e. The highest BCUT2D eigenvalue weighted by molar-refractivity contribution is 6.33. The summed E-state index contributed by atoms with van der Waals surface area (Å²) in [6.07, 6.45) is -1.65. The number of hydrogen-bond acceptors (Lipinski definition) is 6. The first kappa shape index (κ1) is 18.4. The molecule has 26 heavy (non-hydrogen) atoms. The van der Waals surface area contributed by atoms with Crippen LogP contribution in [0.15, 0.2) is 23.3 Å². The molecule has 0 N–H and O–H groups in total. The lowest BCUT2D eigenvalue weighted by molar-refractivity contribution is -0.143. The lowest BCUT2D eigenvalue weighted by atomic mass is 10.3. The third-order valence-corrected chi connectivity index (χ3v) is 4.34. The SMILES string of the molecule is Cc1ccnc(N2CCN(c3cnn(CC(F)(F)F)c(=O)c3Cl)CC2)n1. The second-order valence-electron chi connectivity index (χ2n) is 5.89. The Labute approximate surface area is 152 Å². The molecule has 140 valence electrons. The summed E-state index contributed by atoms with van der Waals surface area (Å²) >= 11 is 6.01. The molecule has 1 fully saturated rings. The fourth-order valence-corrected chi connectivity index (χ4v) is 2.96. The number of hydrogen-bond donors (Lipinski definition) is 0.